The number of benzene rings is 1. The highest BCUT2D eigenvalue weighted by molar-refractivity contribution is 6.30. The first-order valence-corrected chi connectivity index (χ1v) is 6.10. The third-order valence-electron chi connectivity index (χ3n) is 3.15. The summed E-state index contributed by atoms with van der Waals surface area (Å²) in [6.45, 7) is 2.15. The van der Waals surface area contributed by atoms with Gasteiger partial charge in [-0.1, -0.05) is 23.7 Å². The van der Waals surface area contributed by atoms with E-state index in [2.05, 4.69) is 17.4 Å². The second kappa shape index (κ2) is 5.53. The highest BCUT2D eigenvalue weighted by Crippen LogP contribution is 2.20. The molecule has 1 aromatic rings. The van der Waals surface area contributed by atoms with Crippen LogP contribution in [-0.4, -0.2) is 13.1 Å². The van der Waals surface area contributed by atoms with Crippen LogP contribution < -0.4 is 5.32 Å². The number of nitrogens with zero attached hydrogens (tertiary/aromatic N) is 1. The fraction of sp³-hybridized carbons (Fsp3) is 0.538. The zero-order valence-electron chi connectivity index (χ0n) is 8.95. The van der Waals surface area contributed by atoms with Gasteiger partial charge in [-0.05, 0) is 49.3 Å². The van der Waals surface area contributed by atoms with Gasteiger partial charge < -0.3 is 0 Å². The van der Waals surface area contributed by atoms with Crippen LogP contribution in [0.15, 0.2) is 24.3 Å². The van der Waals surface area contributed by atoms with Gasteiger partial charge in [-0.25, -0.2) is 5.32 Å². The molecule has 0 atom stereocenters. The largest absolute Gasteiger partial charge is 0.242 e. The molecule has 1 fully saturated rings. The molecule has 1 nitrogen and oxygen atoms in total. The quantitative estimate of drug-likeness (QED) is 0.745. The van der Waals surface area contributed by atoms with Gasteiger partial charge in [0.2, 0.25) is 0 Å². The lowest BCUT2D eigenvalue weighted by molar-refractivity contribution is 0.350. The molecule has 1 heterocycles. The van der Waals surface area contributed by atoms with Crippen molar-refractivity contribution in [1.29, 1.82) is 0 Å². The lowest BCUT2D eigenvalue weighted by Crippen LogP contribution is -2.22. The fourth-order valence-electron chi connectivity index (χ4n) is 2.11. The molecule has 1 aromatic carbocycles. The van der Waals surface area contributed by atoms with Crippen LogP contribution >= 0.6 is 11.6 Å². The maximum Gasteiger partial charge on any atom is 0.0406 e. The summed E-state index contributed by atoms with van der Waals surface area (Å²) < 4.78 is 0. The molecule has 0 N–H and O–H groups in total. The average molecular weight is 223 g/mol. The molecule has 0 bridgehead atoms. The van der Waals surface area contributed by atoms with Crippen LogP contribution in [0.2, 0.25) is 5.02 Å². The molecule has 0 saturated carbocycles. The van der Waals surface area contributed by atoms with Gasteiger partial charge in [-0.2, -0.15) is 0 Å². The third kappa shape index (κ3) is 3.51. The van der Waals surface area contributed by atoms with Gasteiger partial charge in [-0.15, -0.1) is 0 Å². The van der Waals surface area contributed by atoms with Crippen molar-refractivity contribution in [1.82, 2.24) is 5.32 Å². The van der Waals surface area contributed by atoms with Crippen molar-refractivity contribution in [3.63, 3.8) is 0 Å². The minimum atomic E-state index is 0.829. The maximum atomic E-state index is 5.85. The summed E-state index contributed by atoms with van der Waals surface area (Å²) in [5.41, 5.74) is 1.40. The summed E-state index contributed by atoms with van der Waals surface area (Å²) in [7, 11) is 0. The Morgan fingerprint density at radius 3 is 2.47 bits per heavy atom. The van der Waals surface area contributed by atoms with Crippen LogP contribution in [-0.2, 0) is 6.42 Å². The highest BCUT2D eigenvalue weighted by Gasteiger charge is 2.13. The van der Waals surface area contributed by atoms with Gasteiger partial charge in [0.05, 0.1) is 0 Å². The lowest BCUT2D eigenvalue weighted by atomic mass is 9.91. The van der Waals surface area contributed by atoms with Crippen molar-refractivity contribution >= 4 is 11.6 Å². The van der Waals surface area contributed by atoms with Crippen molar-refractivity contribution < 1.29 is 0 Å². The lowest BCUT2D eigenvalue weighted by Gasteiger charge is -2.21. The molecule has 0 unspecified atom stereocenters. The molecule has 2 heteroatoms. The predicted octanol–water partition coefficient (Wildman–Crippen LogP) is 3.29. The highest BCUT2D eigenvalue weighted by atomic mass is 35.5. The summed E-state index contributed by atoms with van der Waals surface area (Å²) in [6.07, 6.45) is 5.06. The minimum absolute atomic E-state index is 0.829. The summed E-state index contributed by atoms with van der Waals surface area (Å²) in [4.78, 5) is 0. The van der Waals surface area contributed by atoms with Crippen molar-refractivity contribution in [3.05, 3.63) is 34.9 Å². The van der Waals surface area contributed by atoms with E-state index < -0.39 is 0 Å². The fourth-order valence-corrected chi connectivity index (χ4v) is 2.24. The number of rotatable bonds is 3. The molecular weight excluding hydrogens is 206 g/mol. The Morgan fingerprint density at radius 2 is 1.80 bits per heavy atom. The van der Waals surface area contributed by atoms with E-state index in [0.717, 1.165) is 24.0 Å². The van der Waals surface area contributed by atoms with E-state index in [1.165, 1.54) is 31.2 Å². The topological polar surface area (TPSA) is 14.1 Å². The van der Waals surface area contributed by atoms with E-state index in [-0.39, 0.29) is 0 Å². The zero-order valence-corrected chi connectivity index (χ0v) is 9.71. The molecule has 1 saturated heterocycles. The number of aryl methyl sites for hydroxylation is 1. The normalized spacial score (nSPS) is 17.9. The van der Waals surface area contributed by atoms with Crippen molar-refractivity contribution in [2.45, 2.75) is 25.7 Å². The smallest absolute Gasteiger partial charge is 0.0406 e. The summed E-state index contributed by atoms with van der Waals surface area (Å²) in [5, 5.41) is 5.21. The third-order valence-corrected chi connectivity index (χ3v) is 3.40. The van der Waals surface area contributed by atoms with E-state index >= 15 is 0 Å². The van der Waals surface area contributed by atoms with Crippen LogP contribution in [0.4, 0.5) is 0 Å². The summed E-state index contributed by atoms with van der Waals surface area (Å²) in [5.74, 6) is 0.887. The predicted molar refractivity (Wildman–Crippen MR) is 64.4 cm³/mol. The molecule has 15 heavy (non-hydrogen) atoms. The Balaban J connectivity index is 1.79. The van der Waals surface area contributed by atoms with E-state index in [9.17, 15) is 0 Å². The Hall–Kier alpha value is -0.530. The zero-order chi connectivity index (χ0) is 10.5. The SMILES string of the molecule is Clc1ccc(CCC2CC[N]CC2)cc1. The maximum absolute atomic E-state index is 5.85. The molecule has 0 spiro atoms. The van der Waals surface area contributed by atoms with Gasteiger partial charge in [-0.3, -0.25) is 0 Å². The number of hydrogen-bond acceptors (Lipinski definition) is 0. The van der Waals surface area contributed by atoms with Crippen LogP contribution in [0.3, 0.4) is 0 Å². The minimum Gasteiger partial charge on any atom is -0.242 e. The van der Waals surface area contributed by atoms with Crippen molar-refractivity contribution in [2.24, 2.45) is 5.92 Å². The van der Waals surface area contributed by atoms with Gasteiger partial charge in [0.1, 0.15) is 0 Å². The average Bonchev–Trinajstić information content (AvgIpc) is 2.30. The van der Waals surface area contributed by atoms with E-state index in [0.29, 0.717) is 0 Å². The van der Waals surface area contributed by atoms with Crippen LogP contribution in [0.5, 0.6) is 0 Å². The molecule has 0 amide bonds. The van der Waals surface area contributed by atoms with Gasteiger partial charge in [0.25, 0.3) is 0 Å². The van der Waals surface area contributed by atoms with E-state index in [4.69, 9.17) is 11.6 Å². The first-order valence-electron chi connectivity index (χ1n) is 5.72. The summed E-state index contributed by atoms with van der Waals surface area (Å²) in [6, 6.07) is 8.23. The molecule has 1 radical (unpaired) electrons. The Labute approximate surface area is 96.8 Å². The standard InChI is InChI=1S/C13H17ClN/c14-13-5-3-11(4-6-13)1-2-12-7-9-15-10-8-12/h3-6,12H,1-2,7-10H2. The van der Waals surface area contributed by atoms with Crippen LogP contribution in [0.25, 0.3) is 0 Å². The Kier molecular flexibility index (Phi) is 4.04. The van der Waals surface area contributed by atoms with Crippen LogP contribution in [0.1, 0.15) is 24.8 Å². The molecule has 81 valence electrons. The van der Waals surface area contributed by atoms with Crippen molar-refractivity contribution in [2.75, 3.05) is 13.1 Å². The monoisotopic (exact) mass is 222 g/mol. The first-order chi connectivity index (χ1) is 7.34. The summed E-state index contributed by atoms with van der Waals surface area (Å²) >= 11 is 5.85. The molecule has 1 aliphatic rings. The van der Waals surface area contributed by atoms with Crippen LogP contribution in [0, 0.1) is 5.92 Å². The second-order valence-corrected chi connectivity index (χ2v) is 4.72. The molecule has 0 aliphatic carbocycles. The van der Waals surface area contributed by atoms with E-state index in [1.54, 1.807) is 0 Å². The molecular formula is C13H17ClN. The Bertz CT molecular complexity index is 288. The Morgan fingerprint density at radius 1 is 1.13 bits per heavy atom. The van der Waals surface area contributed by atoms with Gasteiger partial charge >= 0.3 is 0 Å². The molecule has 0 aromatic heterocycles. The molecule has 2 rings (SSSR count). The van der Waals surface area contributed by atoms with E-state index in [1.807, 2.05) is 12.1 Å². The number of piperidine rings is 1. The van der Waals surface area contributed by atoms with Gasteiger partial charge in [0.15, 0.2) is 0 Å². The number of hydrogen-bond donors (Lipinski definition) is 0. The first kappa shape index (κ1) is 11.0. The number of halogens is 1. The molecule has 1 aliphatic heterocycles. The second-order valence-electron chi connectivity index (χ2n) is 4.28. The van der Waals surface area contributed by atoms with Gasteiger partial charge in [0, 0.05) is 18.1 Å². The van der Waals surface area contributed by atoms with Crippen molar-refractivity contribution in [3.8, 4) is 0 Å².